The normalized spacial score (nSPS) is 13.7. The number of hydrogen-bond acceptors (Lipinski definition) is 2. The highest BCUT2D eigenvalue weighted by Gasteiger charge is 2.02. The van der Waals surface area contributed by atoms with Gasteiger partial charge in [-0.25, -0.2) is 4.98 Å². The Labute approximate surface area is 137 Å². The average molecular weight is 306 g/mol. The molecule has 0 saturated carbocycles. The number of benzene rings is 1. The predicted molar refractivity (Wildman–Crippen MR) is 94.5 cm³/mol. The molecule has 0 saturated heterocycles. The van der Waals surface area contributed by atoms with E-state index in [2.05, 4.69) is 52.5 Å². The van der Waals surface area contributed by atoms with Gasteiger partial charge in [-0.15, -0.1) is 0 Å². The summed E-state index contributed by atoms with van der Waals surface area (Å²) in [5.41, 5.74) is 4.76. The molecule has 0 fully saturated rings. The molecule has 0 amide bonds. The minimum Gasteiger partial charge on any atom is -0.494 e. The molecule has 1 aliphatic rings. The van der Waals surface area contributed by atoms with Crippen molar-refractivity contribution in [3.05, 3.63) is 77.9 Å². The van der Waals surface area contributed by atoms with E-state index in [-0.39, 0.29) is 0 Å². The summed E-state index contributed by atoms with van der Waals surface area (Å²) in [7, 11) is 0. The summed E-state index contributed by atoms with van der Waals surface area (Å²) in [6.07, 6.45) is 15.3. The van der Waals surface area contributed by atoms with Gasteiger partial charge in [0, 0.05) is 5.69 Å². The van der Waals surface area contributed by atoms with Gasteiger partial charge < -0.3 is 9.72 Å². The van der Waals surface area contributed by atoms with Gasteiger partial charge in [-0.1, -0.05) is 42.5 Å². The van der Waals surface area contributed by atoms with Crippen LogP contribution in [0.2, 0.25) is 0 Å². The number of aryl methyl sites for hydroxylation is 2. The first-order valence-corrected chi connectivity index (χ1v) is 8.08. The van der Waals surface area contributed by atoms with E-state index in [9.17, 15) is 0 Å². The van der Waals surface area contributed by atoms with Crippen LogP contribution in [0.25, 0.3) is 5.57 Å². The van der Waals surface area contributed by atoms with Gasteiger partial charge in [0.25, 0.3) is 0 Å². The number of aromatic nitrogens is 2. The lowest BCUT2D eigenvalue weighted by molar-refractivity contribution is 0.310. The molecule has 3 heteroatoms. The topological polar surface area (TPSA) is 37.9 Å². The van der Waals surface area contributed by atoms with Crippen LogP contribution in [0, 0.1) is 6.92 Å². The van der Waals surface area contributed by atoms with Crippen molar-refractivity contribution in [2.45, 2.75) is 26.2 Å². The van der Waals surface area contributed by atoms with E-state index >= 15 is 0 Å². The second-order valence-electron chi connectivity index (χ2n) is 5.63. The number of aromatic amines is 1. The molecule has 0 atom stereocenters. The number of H-pyrrole nitrogens is 1. The maximum absolute atomic E-state index is 5.82. The van der Waals surface area contributed by atoms with Crippen LogP contribution in [0.3, 0.4) is 0 Å². The van der Waals surface area contributed by atoms with Crippen molar-refractivity contribution in [3.8, 4) is 5.75 Å². The molecule has 3 rings (SSSR count). The second kappa shape index (κ2) is 7.63. The highest BCUT2D eigenvalue weighted by atomic mass is 16.5. The van der Waals surface area contributed by atoms with E-state index < -0.39 is 0 Å². The maximum Gasteiger partial charge on any atom is 0.119 e. The second-order valence-corrected chi connectivity index (χ2v) is 5.63. The Bertz CT molecular complexity index is 720. The minimum atomic E-state index is 0.707. The van der Waals surface area contributed by atoms with Gasteiger partial charge in [0.05, 0.1) is 18.6 Å². The summed E-state index contributed by atoms with van der Waals surface area (Å²) in [5, 5.41) is 0. The Balaban J connectivity index is 1.50. The zero-order valence-electron chi connectivity index (χ0n) is 13.5. The number of allylic oxidation sites excluding steroid dienone is 6. The van der Waals surface area contributed by atoms with E-state index in [0.717, 1.165) is 36.4 Å². The Kier molecular flexibility index (Phi) is 5.09. The molecule has 0 unspecified atom stereocenters. The van der Waals surface area contributed by atoms with Crippen LogP contribution in [-0.4, -0.2) is 16.6 Å². The first-order chi connectivity index (χ1) is 11.3. The molecule has 1 aromatic carbocycles. The van der Waals surface area contributed by atoms with E-state index in [1.54, 1.807) is 6.33 Å². The molecule has 1 aliphatic carbocycles. The number of ether oxygens (including phenoxy) is 1. The van der Waals surface area contributed by atoms with Gasteiger partial charge in [0.1, 0.15) is 5.75 Å². The minimum absolute atomic E-state index is 0.707. The highest BCUT2D eigenvalue weighted by molar-refractivity contribution is 5.75. The van der Waals surface area contributed by atoms with Gasteiger partial charge in [0.15, 0.2) is 0 Å². The van der Waals surface area contributed by atoms with Crippen LogP contribution in [0.5, 0.6) is 5.75 Å². The standard InChI is InChI=1S/C20H22N2O/c1-16-20(22-15-21-16)9-6-14-23-19-12-10-18(11-13-19)17-7-4-2-3-5-8-17/h2-4,7-8,10-13,15H,5-6,9,14H2,1H3,(H,21,22). The quantitative estimate of drug-likeness (QED) is 0.790. The molecule has 3 nitrogen and oxygen atoms in total. The zero-order valence-corrected chi connectivity index (χ0v) is 13.5. The Morgan fingerprint density at radius 2 is 2.04 bits per heavy atom. The fourth-order valence-corrected chi connectivity index (χ4v) is 2.61. The molecule has 118 valence electrons. The summed E-state index contributed by atoms with van der Waals surface area (Å²) in [6, 6.07) is 8.33. The lowest BCUT2D eigenvalue weighted by atomic mass is 10.0. The third-order valence-corrected chi connectivity index (χ3v) is 3.95. The van der Waals surface area contributed by atoms with E-state index in [1.807, 2.05) is 19.1 Å². The third kappa shape index (κ3) is 4.22. The fourth-order valence-electron chi connectivity index (χ4n) is 2.61. The first-order valence-electron chi connectivity index (χ1n) is 8.08. The van der Waals surface area contributed by atoms with E-state index in [0.29, 0.717) is 6.61 Å². The monoisotopic (exact) mass is 306 g/mol. The summed E-state index contributed by atoms with van der Waals surface area (Å²) < 4.78 is 5.82. The lowest BCUT2D eigenvalue weighted by Crippen LogP contribution is -2.00. The molecule has 2 aromatic rings. The van der Waals surface area contributed by atoms with Crippen molar-refractivity contribution < 1.29 is 4.74 Å². The molecular weight excluding hydrogens is 284 g/mol. The van der Waals surface area contributed by atoms with Crippen molar-refractivity contribution in [2.75, 3.05) is 6.61 Å². The van der Waals surface area contributed by atoms with Crippen molar-refractivity contribution in [3.63, 3.8) is 0 Å². The Morgan fingerprint density at radius 3 is 2.83 bits per heavy atom. The molecule has 0 spiro atoms. The molecule has 23 heavy (non-hydrogen) atoms. The molecule has 1 heterocycles. The smallest absolute Gasteiger partial charge is 0.119 e. The van der Waals surface area contributed by atoms with Crippen LogP contribution in [0.15, 0.2) is 61.0 Å². The zero-order chi connectivity index (χ0) is 15.9. The van der Waals surface area contributed by atoms with Crippen molar-refractivity contribution in [2.24, 2.45) is 0 Å². The van der Waals surface area contributed by atoms with Crippen molar-refractivity contribution >= 4 is 5.57 Å². The van der Waals surface area contributed by atoms with Gasteiger partial charge >= 0.3 is 0 Å². The Hall–Kier alpha value is -2.55. The molecule has 0 radical (unpaired) electrons. The molecular formula is C20H22N2O. The van der Waals surface area contributed by atoms with Crippen LogP contribution in [0.4, 0.5) is 0 Å². The third-order valence-electron chi connectivity index (χ3n) is 3.95. The van der Waals surface area contributed by atoms with Crippen molar-refractivity contribution in [1.29, 1.82) is 0 Å². The van der Waals surface area contributed by atoms with Gasteiger partial charge in [-0.2, -0.15) is 0 Å². The highest BCUT2D eigenvalue weighted by Crippen LogP contribution is 2.22. The lowest BCUT2D eigenvalue weighted by Gasteiger charge is -2.08. The first kappa shape index (κ1) is 15.3. The predicted octanol–water partition coefficient (Wildman–Crippen LogP) is 4.63. The molecule has 0 bridgehead atoms. The van der Waals surface area contributed by atoms with Gasteiger partial charge in [-0.05, 0) is 49.5 Å². The van der Waals surface area contributed by atoms with Crippen LogP contribution >= 0.6 is 0 Å². The van der Waals surface area contributed by atoms with Crippen LogP contribution < -0.4 is 4.74 Å². The number of nitrogens with zero attached hydrogens (tertiary/aromatic N) is 1. The largest absolute Gasteiger partial charge is 0.494 e. The number of imidazole rings is 1. The average Bonchev–Trinajstić information content (AvgIpc) is 2.82. The van der Waals surface area contributed by atoms with E-state index in [1.165, 1.54) is 11.1 Å². The molecule has 0 aliphatic heterocycles. The maximum atomic E-state index is 5.82. The van der Waals surface area contributed by atoms with Gasteiger partial charge in [0.2, 0.25) is 0 Å². The number of nitrogens with one attached hydrogen (secondary N) is 1. The summed E-state index contributed by atoms with van der Waals surface area (Å²) in [6.45, 7) is 2.76. The van der Waals surface area contributed by atoms with Crippen LogP contribution in [0.1, 0.15) is 29.8 Å². The fraction of sp³-hybridized carbons (Fsp3) is 0.250. The van der Waals surface area contributed by atoms with E-state index in [4.69, 9.17) is 4.74 Å². The molecule has 1 aromatic heterocycles. The summed E-state index contributed by atoms with van der Waals surface area (Å²) >= 11 is 0. The SMILES string of the molecule is Cc1[nH]cnc1CCCOc1ccc(C2=CCC=CC=C2)cc1. The summed E-state index contributed by atoms with van der Waals surface area (Å²) in [4.78, 5) is 7.40. The number of hydrogen-bond donors (Lipinski definition) is 1. The summed E-state index contributed by atoms with van der Waals surface area (Å²) in [5.74, 6) is 0.920. The number of rotatable bonds is 6. The molecule has 1 N–H and O–H groups in total. The van der Waals surface area contributed by atoms with Crippen molar-refractivity contribution in [1.82, 2.24) is 9.97 Å². The Morgan fingerprint density at radius 1 is 1.17 bits per heavy atom. The van der Waals surface area contributed by atoms with Crippen LogP contribution in [-0.2, 0) is 6.42 Å². The van der Waals surface area contributed by atoms with Gasteiger partial charge in [-0.3, -0.25) is 0 Å².